The van der Waals surface area contributed by atoms with Crippen LogP contribution in [0.2, 0.25) is 0 Å². The molecule has 0 fully saturated rings. The van der Waals surface area contributed by atoms with Crippen LogP contribution in [0.15, 0.2) is 47.4 Å². The lowest BCUT2D eigenvalue weighted by molar-refractivity contribution is -0.116. The Morgan fingerprint density at radius 1 is 1.20 bits per heavy atom. The number of hydrogen-bond donors (Lipinski definition) is 2. The molecule has 3 rings (SSSR count). The minimum atomic E-state index is -3.94. The van der Waals surface area contributed by atoms with Gasteiger partial charge in [0, 0.05) is 31.6 Å². The van der Waals surface area contributed by atoms with Crippen LogP contribution in [0.3, 0.4) is 0 Å². The molecular formula is C28H39FN4O6S. The summed E-state index contributed by atoms with van der Waals surface area (Å²) < 4.78 is 47.1. The molecule has 2 aromatic rings. The summed E-state index contributed by atoms with van der Waals surface area (Å²) in [4.78, 5) is 29.5. The quantitative estimate of drug-likeness (QED) is 0.421. The van der Waals surface area contributed by atoms with Crippen molar-refractivity contribution in [1.82, 2.24) is 14.1 Å². The Hall–Kier alpha value is -3.06. The molecule has 2 N–H and O–H groups in total. The van der Waals surface area contributed by atoms with E-state index < -0.39 is 28.0 Å². The van der Waals surface area contributed by atoms with Crippen molar-refractivity contribution >= 4 is 27.5 Å². The molecule has 40 heavy (non-hydrogen) atoms. The lowest BCUT2D eigenvalue weighted by Crippen LogP contribution is -2.50. The minimum absolute atomic E-state index is 0.0415. The van der Waals surface area contributed by atoms with Gasteiger partial charge in [0.15, 0.2) is 0 Å². The first kappa shape index (κ1) is 31.5. The molecular weight excluding hydrogens is 539 g/mol. The first-order valence-corrected chi connectivity index (χ1v) is 14.7. The first-order chi connectivity index (χ1) is 18.8. The summed E-state index contributed by atoms with van der Waals surface area (Å²) in [6, 6.07) is 8.85. The predicted octanol–water partition coefficient (Wildman–Crippen LogP) is 2.65. The summed E-state index contributed by atoms with van der Waals surface area (Å²) in [5.41, 5.74) is 0.635. The van der Waals surface area contributed by atoms with Gasteiger partial charge in [0.25, 0.3) is 5.91 Å². The molecule has 1 aliphatic heterocycles. The molecule has 1 heterocycles. The van der Waals surface area contributed by atoms with E-state index in [2.05, 4.69) is 5.32 Å². The van der Waals surface area contributed by atoms with Crippen molar-refractivity contribution in [2.75, 3.05) is 52.7 Å². The number of rotatable bonds is 11. The van der Waals surface area contributed by atoms with Gasteiger partial charge in [-0.3, -0.25) is 9.59 Å². The molecule has 10 nitrogen and oxygen atoms in total. The molecule has 0 aromatic heterocycles. The zero-order chi connectivity index (χ0) is 29.6. The highest BCUT2D eigenvalue weighted by Crippen LogP contribution is 2.31. The van der Waals surface area contributed by atoms with Gasteiger partial charge in [0.1, 0.15) is 17.7 Å². The van der Waals surface area contributed by atoms with Gasteiger partial charge >= 0.3 is 0 Å². The van der Waals surface area contributed by atoms with Crippen molar-refractivity contribution in [2.24, 2.45) is 5.92 Å². The molecule has 220 valence electrons. The van der Waals surface area contributed by atoms with E-state index in [-0.39, 0.29) is 53.6 Å². The largest absolute Gasteiger partial charge is 0.488 e. The smallest absolute Gasteiger partial charge is 0.258 e. The number of likely N-dealkylation sites (N-methyl/N-ethyl adjacent to an activating group) is 1. The summed E-state index contributed by atoms with van der Waals surface area (Å²) in [7, 11) is 1.34. The molecule has 0 unspecified atom stereocenters. The Morgan fingerprint density at radius 3 is 2.50 bits per heavy atom. The number of amides is 2. The van der Waals surface area contributed by atoms with E-state index in [4.69, 9.17) is 4.74 Å². The van der Waals surface area contributed by atoms with Gasteiger partial charge in [0.05, 0.1) is 29.7 Å². The highest BCUT2D eigenvalue weighted by atomic mass is 32.2. The summed E-state index contributed by atoms with van der Waals surface area (Å²) >= 11 is 0. The van der Waals surface area contributed by atoms with Crippen LogP contribution in [0.1, 0.15) is 37.0 Å². The van der Waals surface area contributed by atoms with E-state index in [1.807, 2.05) is 25.9 Å². The summed E-state index contributed by atoms with van der Waals surface area (Å²) in [5, 5.41) is 12.7. The number of fused-ring (bicyclic) bond motifs is 1. The van der Waals surface area contributed by atoms with E-state index in [1.54, 1.807) is 25.1 Å². The Kier molecular flexibility index (Phi) is 10.6. The summed E-state index contributed by atoms with van der Waals surface area (Å²) in [6.07, 6.45) is 0.343. The number of sulfonamides is 1. The van der Waals surface area contributed by atoms with E-state index in [0.29, 0.717) is 18.5 Å². The second-order valence-corrected chi connectivity index (χ2v) is 12.6. The number of hydrogen-bond acceptors (Lipinski definition) is 7. The van der Waals surface area contributed by atoms with Crippen LogP contribution in [0.5, 0.6) is 5.75 Å². The summed E-state index contributed by atoms with van der Waals surface area (Å²) in [6.45, 7) is 4.24. The van der Waals surface area contributed by atoms with E-state index in [1.165, 1.54) is 24.1 Å². The Bertz CT molecular complexity index is 1290. The molecule has 12 heteroatoms. The number of nitrogens with zero attached hydrogens (tertiary/aromatic N) is 3. The third kappa shape index (κ3) is 7.78. The van der Waals surface area contributed by atoms with Crippen molar-refractivity contribution in [3.8, 4) is 5.75 Å². The van der Waals surface area contributed by atoms with Crippen LogP contribution in [0.4, 0.5) is 10.1 Å². The van der Waals surface area contributed by atoms with Gasteiger partial charge in [0.2, 0.25) is 15.9 Å². The number of benzene rings is 2. The number of ether oxygens (including phenoxy) is 1. The number of carbonyl (C=O) groups is 2. The van der Waals surface area contributed by atoms with Gasteiger partial charge in [-0.1, -0.05) is 6.92 Å². The molecule has 0 aliphatic carbocycles. The lowest BCUT2D eigenvalue weighted by Gasteiger charge is -2.38. The van der Waals surface area contributed by atoms with Crippen molar-refractivity contribution in [2.45, 2.75) is 43.7 Å². The van der Waals surface area contributed by atoms with Crippen molar-refractivity contribution < 1.29 is 32.2 Å². The van der Waals surface area contributed by atoms with Crippen LogP contribution in [-0.4, -0.2) is 99.0 Å². The van der Waals surface area contributed by atoms with Crippen LogP contribution in [0.25, 0.3) is 0 Å². The monoisotopic (exact) mass is 578 g/mol. The van der Waals surface area contributed by atoms with Gasteiger partial charge in [-0.25, -0.2) is 12.8 Å². The fourth-order valence-corrected chi connectivity index (χ4v) is 5.62. The Labute approximate surface area is 235 Å². The van der Waals surface area contributed by atoms with Gasteiger partial charge < -0.3 is 25.0 Å². The van der Waals surface area contributed by atoms with E-state index >= 15 is 0 Å². The average Bonchev–Trinajstić information content (AvgIpc) is 2.90. The molecule has 2 aromatic carbocycles. The van der Waals surface area contributed by atoms with Crippen molar-refractivity contribution in [1.29, 1.82) is 0 Å². The third-order valence-electron chi connectivity index (χ3n) is 6.92. The Balaban J connectivity index is 1.89. The van der Waals surface area contributed by atoms with Gasteiger partial charge in [-0.15, -0.1) is 0 Å². The van der Waals surface area contributed by atoms with Crippen LogP contribution >= 0.6 is 0 Å². The molecule has 0 saturated heterocycles. The fraction of sp³-hybridized carbons (Fsp3) is 0.500. The maximum absolute atomic E-state index is 13.6. The molecule has 0 bridgehead atoms. The van der Waals surface area contributed by atoms with Crippen molar-refractivity contribution in [3.63, 3.8) is 0 Å². The van der Waals surface area contributed by atoms with Gasteiger partial charge in [-0.2, -0.15) is 4.31 Å². The summed E-state index contributed by atoms with van der Waals surface area (Å²) in [5.74, 6) is -1.15. The standard InChI is InChI=1S/C28H39FN4O6S/c1-19-16-33(20(2)18-34)28(36)24-15-22(30-27(35)7-6-14-31(3)4)10-13-25(24)39-26(19)17-32(5)40(37,38)23-11-8-21(29)9-12-23/h8-13,15,19-20,26,34H,6-7,14,16-18H2,1-5H3,(H,30,35)/t19-,20-,26+/m1/s1. The van der Waals surface area contributed by atoms with Crippen molar-refractivity contribution in [3.05, 3.63) is 53.8 Å². The first-order valence-electron chi connectivity index (χ1n) is 13.2. The van der Waals surface area contributed by atoms with Crippen LogP contribution in [0, 0.1) is 11.7 Å². The molecule has 0 radical (unpaired) electrons. The number of aliphatic hydroxyl groups excluding tert-OH is 1. The SMILES string of the molecule is C[C@@H]1CN([C@H](C)CO)C(=O)c2cc(NC(=O)CCCN(C)C)ccc2O[C@H]1CN(C)S(=O)(=O)c1ccc(F)cc1. The zero-order valence-corrected chi connectivity index (χ0v) is 24.4. The van der Waals surface area contributed by atoms with Gasteiger partial charge in [-0.05, 0) is 76.4 Å². The highest BCUT2D eigenvalue weighted by molar-refractivity contribution is 7.89. The molecule has 0 saturated carbocycles. The number of anilines is 1. The minimum Gasteiger partial charge on any atom is -0.488 e. The highest BCUT2D eigenvalue weighted by Gasteiger charge is 2.35. The topological polar surface area (TPSA) is 119 Å². The maximum atomic E-state index is 13.6. The molecule has 2 amide bonds. The number of aliphatic hydroxyl groups is 1. The number of carbonyl (C=O) groups excluding carboxylic acids is 2. The normalized spacial score (nSPS) is 18.6. The van der Waals surface area contributed by atoms with E-state index in [9.17, 15) is 27.5 Å². The molecule has 0 spiro atoms. The molecule has 3 atom stereocenters. The molecule has 1 aliphatic rings. The average molecular weight is 579 g/mol. The van der Waals surface area contributed by atoms with E-state index in [0.717, 1.165) is 23.0 Å². The maximum Gasteiger partial charge on any atom is 0.258 e. The second-order valence-electron chi connectivity index (χ2n) is 10.5. The van der Waals surface area contributed by atoms with Crippen LogP contribution < -0.4 is 10.1 Å². The number of nitrogens with one attached hydrogen (secondary N) is 1. The second kappa shape index (κ2) is 13.5. The Morgan fingerprint density at radius 2 is 1.88 bits per heavy atom. The fourth-order valence-electron chi connectivity index (χ4n) is 4.44. The zero-order valence-electron chi connectivity index (χ0n) is 23.6. The predicted molar refractivity (Wildman–Crippen MR) is 150 cm³/mol. The third-order valence-corrected chi connectivity index (χ3v) is 8.75. The lowest BCUT2D eigenvalue weighted by atomic mass is 9.99. The number of halogens is 1. The van der Waals surface area contributed by atoms with Crippen LogP contribution in [-0.2, 0) is 14.8 Å².